The molecule has 0 fully saturated rings. The molecule has 1 aromatic rings. The SMILES string of the molecule is CC(C)(C)C(O)CNC(=O)C1CSc2ccccc21. The van der Waals surface area contributed by atoms with Crippen LogP contribution < -0.4 is 5.32 Å². The fourth-order valence-electron chi connectivity index (χ4n) is 2.01. The lowest BCUT2D eigenvalue weighted by molar-refractivity contribution is -0.122. The van der Waals surface area contributed by atoms with E-state index in [9.17, 15) is 9.90 Å². The summed E-state index contributed by atoms with van der Waals surface area (Å²) in [5, 5.41) is 12.8. The van der Waals surface area contributed by atoms with Crippen LogP contribution >= 0.6 is 11.8 Å². The van der Waals surface area contributed by atoms with Crippen molar-refractivity contribution >= 4 is 17.7 Å². The molecule has 0 aromatic heterocycles. The molecule has 3 nitrogen and oxygen atoms in total. The smallest absolute Gasteiger partial charge is 0.228 e. The van der Waals surface area contributed by atoms with E-state index < -0.39 is 6.10 Å². The van der Waals surface area contributed by atoms with E-state index in [0.717, 1.165) is 11.3 Å². The molecular formula is C15H21NO2S. The van der Waals surface area contributed by atoms with Crippen molar-refractivity contribution in [1.29, 1.82) is 0 Å². The zero-order valence-electron chi connectivity index (χ0n) is 11.6. The monoisotopic (exact) mass is 279 g/mol. The third kappa shape index (κ3) is 3.31. The summed E-state index contributed by atoms with van der Waals surface area (Å²) in [5.74, 6) is 0.714. The average Bonchev–Trinajstić information content (AvgIpc) is 2.78. The van der Waals surface area contributed by atoms with Crippen LogP contribution in [0.3, 0.4) is 0 Å². The number of aliphatic hydroxyl groups excluding tert-OH is 1. The zero-order valence-corrected chi connectivity index (χ0v) is 12.5. The quantitative estimate of drug-likeness (QED) is 0.893. The van der Waals surface area contributed by atoms with Crippen molar-refractivity contribution in [1.82, 2.24) is 5.32 Å². The minimum absolute atomic E-state index is 0.0146. The molecule has 1 aliphatic rings. The van der Waals surface area contributed by atoms with Gasteiger partial charge in [-0.05, 0) is 17.0 Å². The minimum Gasteiger partial charge on any atom is -0.391 e. The van der Waals surface area contributed by atoms with Crippen LogP contribution in [-0.4, -0.2) is 29.4 Å². The molecule has 0 saturated heterocycles. The molecule has 1 aliphatic heterocycles. The van der Waals surface area contributed by atoms with Crippen molar-refractivity contribution in [3.05, 3.63) is 29.8 Å². The molecule has 2 N–H and O–H groups in total. The van der Waals surface area contributed by atoms with Crippen molar-refractivity contribution < 1.29 is 9.90 Å². The molecule has 0 aliphatic carbocycles. The Morgan fingerprint density at radius 3 is 2.84 bits per heavy atom. The number of hydrogen-bond donors (Lipinski definition) is 2. The molecule has 1 amide bonds. The molecule has 2 atom stereocenters. The summed E-state index contributed by atoms with van der Waals surface area (Å²) in [4.78, 5) is 13.4. The van der Waals surface area contributed by atoms with Gasteiger partial charge in [0.1, 0.15) is 0 Å². The molecule has 19 heavy (non-hydrogen) atoms. The first-order valence-corrected chi connectivity index (χ1v) is 7.55. The largest absolute Gasteiger partial charge is 0.391 e. The van der Waals surface area contributed by atoms with Gasteiger partial charge in [0.2, 0.25) is 5.91 Å². The number of carbonyl (C=O) groups excluding carboxylic acids is 1. The first-order valence-electron chi connectivity index (χ1n) is 6.57. The van der Waals surface area contributed by atoms with Crippen LogP contribution in [0.15, 0.2) is 29.2 Å². The van der Waals surface area contributed by atoms with Gasteiger partial charge in [0.15, 0.2) is 0 Å². The van der Waals surface area contributed by atoms with E-state index in [-0.39, 0.29) is 17.2 Å². The zero-order chi connectivity index (χ0) is 14.0. The maximum atomic E-state index is 12.2. The Morgan fingerprint density at radius 2 is 2.16 bits per heavy atom. The molecule has 0 radical (unpaired) electrons. The van der Waals surface area contributed by atoms with Gasteiger partial charge in [0.25, 0.3) is 0 Å². The van der Waals surface area contributed by atoms with Gasteiger partial charge in [-0.1, -0.05) is 39.0 Å². The van der Waals surface area contributed by atoms with Gasteiger partial charge in [-0.25, -0.2) is 0 Å². The second-order valence-electron chi connectivity index (χ2n) is 6.03. The van der Waals surface area contributed by atoms with E-state index in [0.29, 0.717) is 6.54 Å². The maximum Gasteiger partial charge on any atom is 0.228 e. The van der Waals surface area contributed by atoms with E-state index >= 15 is 0 Å². The van der Waals surface area contributed by atoms with Gasteiger partial charge in [-0.2, -0.15) is 0 Å². The Bertz CT molecular complexity index is 467. The van der Waals surface area contributed by atoms with E-state index in [1.54, 1.807) is 11.8 Å². The number of carbonyl (C=O) groups is 1. The fraction of sp³-hybridized carbons (Fsp3) is 0.533. The van der Waals surface area contributed by atoms with Crippen LogP contribution in [0.1, 0.15) is 32.3 Å². The normalized spacial score (nSPS) is 19.9. The van der Waals surface area contributed by atoms with Crippen molar-refractivity contribution in [2.75, 3.05) is 12.3 Å². The Kier molecular flexibility index (Phi) is 4.21. The third-order valence-electron chi connectivity index (χ3n) is 3.49. The van der Waals surface area contributed by atoms with Crippen molar-refractivity contribution in [3.8, 4) is 0 Å². The van der Waals surface area contributed by atoms with Crippen LogP contribution in [0.5, 0.6) is 0 Å². The summed E-state index contributed by atoms with van der Waals surface area (Å²) in [6.07, 6.45) is -0.527. The molecule has 0 bridgehead atoms. The second kappa shape index (κ2) is 5.55. The lowest BCUT2D eigenvalue weighted by Crippen LogP contribution is -2.41. The molecular weight excluding hydrogens is 258 g/mol. The summed E-state index contributed by atoms with van der Waals surface area (Å²) in [6.45, 7) is 6.20. The molecule has 1 aromatic carbocycles. The molecule has 0 saturated carbocycles. The molecule has 104 valence electrons. The molecule has 4 heteroatoms. The molecule has 1 heterocycles. The summed E-state index contributed by atoms with van der Waals surface area (Å²) in [7, 11) is 0. The van der Waals surface area contributed by atoms with Crippen molar-refractivity contribution in [2.24, 2.45) is 5.41 Å². The summed E-state index contributed by atoms with van der Waals surface area (Å²) < 4.78 is 0. The van der Waals surface area contributed by atoms with Crippen LogP contribution in [0.2, 0.25) is 0 Å². The standard InChI is InChI=1S/C15H21NO2S/c1-15(2,3)13(17)8-16-14(18)11-9-19-12-7-5-4-6-10(11)12/h4-7,11,13,17H,8-9H2,1-3H3,(H,16,18). The number of benzene rings is 1. The number of nitrogens with one attached hydrogen (secondary N) is 1. The van der Waals surface area contributed by atoms with Crippen LogP contribution in [-0.2, 0) is 4.79 Å². The number of thioether (sulfide) groups is 1. The van der Waals surface area contributed by atoms with Gasteiger partial charge < -0.3 is 10.4 Å². The van der Waals surface area contributed by atoms with Gasteiger partial charge in [-0.15, -0.1) is 11.8 Å². The van der Waals surface area contributed by atoms with Crippen LogP contribution in [0, 0.1) is 5.41 Å². The topological polar surface area (TPSA) is 49.3 Å². The van der Waals surface area contributed by atoms with Crippen molar-refractivity contribution in [2.45, 2.75) is 37.7 Å². The van der Waals surface area contributed by atoms with Crippen LogP contribution in [0.4, 0.5) is 0 Å². The summed E-state index contributed by atoms with van der Waals surface area (Å²) in [5.41, 5.74) is 0.894. The maximum absolute atomic E-state index is 12.2. The van der Waals surface area contributed by atoms with E-state index in [1.807, 2.05) is 39.0 Å². The number of aliphatic hydroxyl groups is 1. The molecule has 2 unspecified atom stereocenters. The lowest BCUT2D eigenvalue weighted by atomic mass is 9.89. The molecule has 0 spiro atoms. The number of rotatable bonds is 3. The molecule has 2 rings (SSSR count). The Labute approximate surface area is 118 Å². The third-order valence-corrected chi connectivity index (χ3v) is 4.67. The number of amides is 1. The predicted octanol–water partition coefficient (Wildman–Crippen LogP) is 2.40. The van der Waals surface area contributed by atoms with Gasteiger partial charge >= 0.3 is 0 Å². The Morgan fingerprint density at radius 1 is 1.47 bits per heavy atom. The van der Waals surface area contributed by atoms with Gasteiger partial charge in [0.05, 0.1) is 12.0 Å². The highest BCUT2D eigenvalue weighted by atomic mass is 32.2. The lowest BCUT2D eigenvalue weighted by Gasteiger charge is -2.26. The Hall–Kier alpha value is -1.00. The van der Waals surface area contributed by atoms with Gasteiger partial charge in [0, 0.05) is 17.2 Å². The highest BCUT2D eigenvalue weighted by Crippen LogP contribution is 2.39. The highest BCUT2D eigenvalue weighted by molar-refractivity contribution is 7.99. The number of fused-ring (bicyclic) bond motifs is 1. The van der Waals surface area contributed by atoms with Crippen molar-refractivity contribution in [3.63, 3.8) is 0 Å². The summed E-state index contributed by atoms with van der Waals surface area (Å²) in [6, 6.07) is 8.03. The fourth-order valence-corrected chi connectivity index (χ4v) is 3.24. The Balaban J connectivity index is 1.96. The minimum atomic E-state index is -0.527. The first-order chi connectivity index (χ1) is 8.89. The average molecular weight is 279 g/mol. The predicted molar refractivity (Wildman–Crippen MR) is 78.4 cm³/mol. The van der Waals surface area contributed by atoms with E-state index in [1.165, 1.54) is 4.90 Å². The number of hydrogen-bond acceptors (Lipinski definition) is 3. The second-order valence-corrected chi connectivity index (χ2v) is 7.09. The van der Waals surface area contributed by atoms with E-state index in [2.05, 4.69) is 11.4 Å². The van der Waals surface area contributed by atoms with Gasteiger partial charge in [-0.3, -0.25) is 4.79 Å². The first kappa shape index (κ1) is 14.4. The summed E-state index contributed by atoms with van der Waals surface area (Å²) >= 11 is 1.72. The van der Waals surface area contributed by atoms with Crippen LogP contribution in [0.25, 0.3) is 0 Å². The highest BCUT2D eigenvalue weighted by Gasteiger charge is 2.30. The van der Waals surface area contributed by atoms with E-state index in [4.69, 9.17) is 0 Å².